The van der Waals surface area contributed by atoms with Crippen molar-refractivity contribution in [1.82, 2.24) is 0 Å². The second kappa shape index (κ2) is 9.75. The van der Waals surface area contributed by atoms with E-state index < -0.39 is 0 Å². The second-order valence-corrected chi connectivity index (χ2v) is 7.00. The molecule has 0 saturated heterocycles. The van der Waals surface area contributed by atoms with E-state index in [0.717, 1.165) is 0 Å². The van der Waals surface area contributed by atoms with E-state index in [1.807, 2.05) is 0 Å². The molecule has 0 saturated carbocycles. The van der Waals surface area contributed by atoms with Crippen molar-refractivity contribution in [2.24, 2.45) is 0 Å². The molecular formula is C23H34. The van der Waals surface area contributed by atoms with Crippen LogP contribution in [0.25, 0.3) is 5.57 Å². The average molecular weight is 311 g/mol. The molecule has 126 valence electrons. The normalized spacial score (nSPS) is 14.5. The first-order valence-corrected chi connectivity index (χ1v) is 9.79. The van der Waals surface area contributed by atoms with Gasteiger partial charge in [-0.2, -0.15) is 0 Å². The first-order valence-electron chi connectivity index (χ1n) is 9.79. The Labute approximate surface area is 143 Å². The quantitative estimate of drug-likeness (QED) is 0.420. The monoisotopic (exact) mass is 310 g/mol. The maximum atomic E-state index is 2.50. The molecule has 1 aromatic rings. The first kappa shape index (κ1) is 18.0. The largest absolute Gasteiger partial charge is 0.0655 e. The zero-order valence-corrected chi connectivity index (χ0v) is 15.5. The fourth-order valence-electron chi connectivity index (χ4n) is 3.42. The topological polar surface area (TPSA) is 0 Å². The predicted molar refractivity (Wildman–Crippen MR) is 104 cm³/mol. The summed E-state index contributed by atoms with van der Waals surface area (Å²) in [6.45, 7) is 6.85. The third kappa shape index (κ3) is 5.37. The van der Waals surface area contributed by atoms with Crippen LogP contribution in [0.5, 0.6) is 0 Å². The summed E-state index contributed by atoms with van der Waals surface area (Å²) in [6.07, 6.45) is 15.3. The van der Waals surface area contributed by atoms with E-state index in [1.165, 1.54) is 80.9 Å². The van der Waals surface area contributed by atoms with Crippen LogP contribution in [0.2, 0.25) is 0 Å². The average Bonchev–Trinajstić information content (AvgIpc) is 2.99. The van der Waals surface area contributed by atoms with Gasteiger partial charge in [0.2, 0.25) is 0 Å². The van der Waals surface area contributed by atoms with Crippen molar-refractivity contribution in [2.75, 3.05) is 0 Å². The van der Waals surface area contributed by atoms with Gasteiger partial charge >= 0.3 is 0 Å². The fourth-order valence-corrected chi connectivity index (χ4v) is 3.42. The lowest BCUT2D eigenvalue weighted by Gasteiger charge is -2.08. The van der Waals surface area contributed by atoms with Crippen molar-refractivity contribution in [3.05, 3.63) is 52.6 Å². The number of aryl methyl sites for hydroxylation is 1. The molecule has 0 atom stereocenters. The van der Waals surface area contributed by atoms with Crippen LogP contribution in [-0.4, -0.2) is 0 Å². The third-order valence-corrected chi connectivity index (χ3v) is 4.94. The maximum Gasteiger partial charge on any atom is -0.00959 e. The Morgan fingerprint density at radius 2 is 1.35 bits per heavy atom. The summed E-state index contributed by atoms with van der Waals surface area (Å²) >= 11 is 0. The minimum absolute atomic E-state index is 1.22. The van der Waals surface area contributed by atoms with Crippen molar-refractivity contribution >= 4 is 5.57 Å². The van der Waals surface area contributed by atoms with Crippen LogP contribution in [0.1, 0.15) is 89.7 Å². The molecule has 1 aliphatic carbocycles. The molecule has 0 aromatic heterocycles. The highest BCUT2D eigenvalue weighted by Gasteiger charge is 2.16. The van der Waals surface area contributed by atoms with Gasteiger partial charge in [0.25, 0.3) is 0 Å². The van der Waals surface area contributed by atoms with E-state index in [4.69, 9.17) is 0 Å². The molecule has 0 bridgehead atoms. The number of rotatable bonds is 10. The van der Waals surface area contributed by atoms with E-state index in [0.29, 0.717) is 0 Å². The third-order valence-electron chi connectivity index (χ3n) is 4.94. The smallest absolute Gasteiger partial charge is 0.00959 e. The molecule has 0 aliphatic heterocycles. The van der Waals surface area contributed by atoms with Gasteiger partial charge in [0.15, 0.2) is 0 Å². The summed E-state index contributed by atoms with van der Waals surface area (Å²) < 4.78 is 0. The van der Waals surface area contributed by atoms with Gasteiger partial charge in [0.05, 0.1) is 0 Å². The zero-order valence-electron chi connectivity index (χ0n) is 15.5. The molecule has 0 N–H and O–H groups in total. The van der Waals surface area contributed by atoms with E-state index in [9.17, 15) is 0 Å². The molecule has 2 rings (SSSR count). The summed E-state index contributed by atoms with van der Waals surface area (Å²) in [4.78, 5) is 0. The lowest BCUT2D eigenvalue weighted by Crippen LogP contribution is -1.89. The summed E-state index contributed by atoms with van der Waals surface area (Å²) in [6, 6.07) is 9.39. The van der Waals surface area contributed by atoms with Gasteiger partial charge in [-0.05, 0) is 61.6 Å². The van der Waals surface area contributed by atoms with Crippen LogP contribution in [-0.2, 0) is 6.42 Å². The van der Waals surface area contributed by atoms with E-state index in [1.54, 1.807) is 11.1 Å². The second-order valence-electron chi connectivity index (χ2n) is 7.00. The van der Waals surface area contributed by atoms with Crippen molar-refractivity contribution in [3.8, 4) is 0 Å². The highest BCUT2D eigenvalue weighted by molar-refractivity contribution is 5.80. The molecule has 0 nitrogen and oxygen atoms in total. The number of hydrogen-bond acceptors (Lipinski definition) is 0. The van der Waals surface area contributed by atoms with Crippen LogP contribution in [0.15, 0.2) is 41.5 Å². The van der Waals surface area contributed by atoms with Crippen LogP contribution >= 0.6 is 0 Å². The van der Waals surface area contributed by atoms with Crippen LogP contribution in [0.4, 0.5) is 0 Å². The fraction of sp³-hybridized carbons (Fsp3) is 0.565. The summed E-state index contributed by atoms with van der Waals surface area (Å²) in [5.74, 6) is 0. The number of hydrogen-bond donors (Lipinski definition) is 0. The zero-order chi connectivity index (χ0) is 16.5. The van der Waals surface area contributed by atoms with E-state index >= 15 is 0 Å². The van der Waals surface area contributed by atoms with E-state index in [-0.39, 0.29) is 0 Å². The Bertz CT molecular complexity index is 528. The Balaban J connectivity index is 2.14. The van der Waals surface area contributed by atoms with Gasteiger partial charge in [-0.3, -0.25) is 0 Å². The highest BCUT2D eigenvalue weighted by atomic mass is 14.2. The molecule has 0 radical (unpaired) electrons. The van der Waals surface area contributed by atoms with Crippen LogP contribution in [0.3, 0.4) is 0 Å². The molecular weight excluding hydrogens is 276 g/mol. The minimum Gasteiger partial charge on any atom is -0.0655 e. The number of allylic oxidation sites excluding steroid dienone is 4. The summed E-state index contributed by atoms with van der Waals surface area (Å²) in [5.41, 5.74) is 7.79. The Hall–Kier alpha value is -1.30. The Morgan fingerprint density at radius 1 is 0.739 bits per heavy atom. The minimum atomic E-state index is 1.22. The van der Waals surface area contributed by atoms with Crippen molar-refractivity contribution in [2.45, 2.75) is 85.0 Å². The molecule has 0 spiro atoms. The Kier molecular flexibility index (Phi) is 7.65. The molecule has 0 heterocycles. The number of unbranched alkanes of at least 4 members (excludes halogenated alkanes) is 3. The SMILES string of the molecule is CCCCC1=CC(c2ccc(CCCC)cc2)=C(CCCC)C1. The van der Waals surface area contributed by atoms with Crippen LogP contribution in [0, 0.1) is 0 Å². The molecule has 0 amide bonds. The van der Waals surface area contributed by atoms with Crippen molar-refractivity contribution in [3.63, 3.8) is 0 Å². The molecule has 0 heteroatoms. The first-order chi connectivity index (χ1) is 11.3. The summed E-state index contributed by atoms with van der Waals surface area (Å²) in [5, 5.41) is 0. The van der Waals surface area contributed by atoms with Gasteiger partial charge in [-0.15, -0.1) is 0 Å². The maximum absolute atomic E-state index is 2.50. The van der Waals surface area contributed by atoms with Gasteiger partial charge < -0.3 is 0 Å². The molecule has 1 aliphatic rings. The van der Waals surface area contributed by atoms with Gasteiger partial charge in [0, 0.05) is 0 Å². The van der Waals surface area contributed by atoms with Crippen molar-refractivity contribution in [1.29, 1.82) is 0 Å². The standard InChI is InChI=1S/C23H34/c1-4-7-10-19-13-15-21(16-14-19)23-18-20(11-8-5-2)17-22(23)12-9-6-3/h13-16,18H,4-12,17H2,1-3H3. The number of benzene rings is 1. The van der Waals surface area contributed by atoms with Crippen molar-refractivity contribution < 1.29 is 0 Å². The lowest BCUT2D eigenvalue weighted by atomic mass is 9.97. The molecule has 0 fully saturated rings. The lowest BCUT2D eigenvalue weighted by molar-refractivity contribution is 0.746. The Morgan fingerprint density at radius 3 is 2.00 bits per heavy atom. The summed E-state index contributed by atoms with van der Waals surface area (Å²) in [7, 11) is 0. The molecule has 1 aromatic carbocycles. The van der Waals surface area contributed by atoms with Gasteiger partial charge in [-0.25, -0.2) is 0 Å². The predicted octanol–water partition coefficient (Wildman–Crippen LogP) is 7.49. The molecule has 0 unspecified atom stereocenters. The van der Waals surface area contributed by atoms with Gasteiger partial charge in [0.1, 0.15) is 0 Å². The highest BCUT2D eigenvalue weighted by Crippen LogP contribution is 2.37. The van der Waals surface area contributed by atoms with E-state index in [2.05, 4.69) is 51.1 Å². The van der Waals surface area contributed by atoms with Gasteiger partial charge in [-0.1, -0.05) is 81.5 Å². The molecule has 23 heavy (non-hydrogen) atoms. The van der Waals surface area contributed by atoms with Crippen LogP contribution < -0.4 is 0 Å².